The average Bonchev–Trinajstić information content (AvgIpc) is 3.08. The van der Waals surface area contributed by atoms with Crippen LogP contribution in [0.3, 0.4) is 0 Å². The smallest absolute Gasteiger partial charge is 0.243 e. The summed E-state index contributed by atoms with van der Waals surface area (Å²) in [7, 11) is 0.320. The predicted molar refractivity (Wildman–Crippen MR) is 126 cm³/mol. The molecule has 33 heavy (non-hydrogen) atoms. The maximum atomic E-state index is 13.1. The molecule has 8 nitrogen and oxygen atoms in total. The summed E-state index contributed by atoms with van der Waals surface area (Å²) >= 11 is 0. The number of carbonyl (C=O) groups excluding carboxylic acids is 1. The molecule has 0 aromatic heterocycles. The standard InChI is InChI=1S/C24H31N3O5S/c1-25(2)20-7-4-19(5-8-20)6-11-24(28)26-12-14-27(15-13-26)33(29,30)21-9-10-22-23(18-21)32-17-3-16-31-22/h4-5,7-10,18H,3,6,11-17H2,1-2H3. The molecule has 0 radical (unpaired) electrons. The molecular weight excluding hydrogens is 442 g/mol. The molecule has 2 aliphatic heterocycles. The lowest BCUT2D eigenvalue weighted by Crippen LogP contribution is -2.50. The maximum Gasteiger partial charge on any atom is 0.243 e. The van der Waals surface area contributed by atoms with Gasteiger partial charge in [-0.1, -0.05) is 12.1 Å². The summed E-state index contributed by atoms with van der Waals surface area (Å²) in [4.78, 5) is 16.7. The molecule has 0 bridgehead atoms. The van der Waals surface area contributed by atoms with E-state index in [9.17, 15) is 13.2 Å². The topological polar surface area (TPSA) is 79.4 Å². The second kappa shape index (κ2) is 10.0. The average molecular weight is 474 g/mol. The van der Waals surface area contributed by atoms with Crippen LogP contribution in [-0.2, 0) is 21.2 Å². The van der Waals surface area contributed by atoms with Gasteiger partial charge in [-0.25, -0.2) is 8.42 Å². The molecule has 2 aromatic rings. The zero-order valence-electron chi connectivity index (χ0n) is 19.2. The van der Waals surface area contributed by atoms with Crippen molar-refractivity contribution in [3.05, 3.63) is 48.0 Å². The first kappa shape index (κ1) is 23.4. The number of aryl methyl sites for hydroxylation is 1. The minimum Gasteiger partial charge on any atom is -0.490 e. The molecule has 9 heteroatoms. The van der Waals surface area contributed by atoms with Crippen molar-refractivity contribution < 1.29 is 22.7 Å². The highest BCUT2D eigenvalue weighted by Crippen LogP contribution is 2.33. The predicted octanol–water partition coefficient (Wildman–Crippen LogP) is 2.38. The van der Waals surface area contributed by atoms with Gasteiger partial charge in [0, 0.05) is 64.9 Å². The van der Waals surface area contributed by atoms with E-state index in [1.54, 1.807) is 17.0 Å². The summed E-state index contributed by atoms with van der Waals surface area (Å²) in [5, 5.41) is 0. The highest BCUT2D eigenvalue weighted by molar-refractivity contribution is 7.89. The van der Waals surface area contributed by atoms with E-state index in [2.05, 4.69) is 0 Å². The lowest BCUT2D eigenvalue weighted by molar-refractivity contribution is -0.132. The number of carbonyl (C=O) groups is 1. The lowest BCUT2D eigenvalue weighted by atomic mass is 10.1. The third-order valence-electron chi connectivity index (χ3n) is 6.03. The van der Waals surface area contributed by atoms with Gasteiger partial charge in [-0.05, 0) is 36.2 Å². The van der Waals surface area contributed by atoms with Gasteiger partial charge >= 0.3 is 0 Å². The molecule has 0 saturated carbocycles. The monoisotopic (exact) mass is 473 g/mol. The van der Waals surface area contributed by atoms with Crippen molar-refractivity contribution in [3.8, 4) is 11.5 Å². The van der Waals surface area contributed by atoms with Gasteiger partial charge in [0.15, 0.2) is 11.5 Å². The van der Waals surface area contributed by atoms with Crippen molar-refractivity contribution in [1.29, 1.82) is 0 Å². The quantitative estimate of drug-likeness (QED) is 0.641. The summed E-state index contributed by atoms with van der Waals surface area (Å²) in [6.45, 7) is 2.39. The number of anilines is 1. The van der Waals surface area contributed by atoms with Crippen LogP contribution in [0.15, 0.2) is 47.4 Å². The lowest BCUT2D eigenvalue weighted by Gasteiger charge is -2.34. The van der Waals surface area contributed by atoms with Gasteiger partial charge in [0.2, 0.25) is 15.9 Å². The molecule has 4 rings (SSSR count). The third-order valence-corrected chi connectivity index (χ3v) is 7.92. The first-order chi connectivity index (χ1) is 15.8. The molecule has 0 unspecified atom stereocenters. The Morgan fingerprint density at radius 2 is 1.61 bits per heavy atom. The molecule has 178 valence electrons. The Morgan fingerprint density at radius 3 is 2.27 bits per heavy atom. The molecule has 0 spiro atoms. The van der Waals surface area contributed by atoms with E-state index < -0.39 is 10.0 Å². The van der Waals surface area contributed by atoms with E-state index in [0.717, 1.165) is 17.7 Å². The van der Waals surface area contributed by atoms with E-state index in [1.807, 2.05) is 43.3 Å². The number of hydrogen-bond acceptors (Lipinski definition) is 6. The summed E-state index contributed by atoms with van der Waals surface area (Å²) in [5.74, 6) is 1.08. The van der Waals surface area contributed by atoms with E-state index in [-0.39, 0.29) is 23.9 Å². The third kappa shape index (κ3) is 5.42. The van der Waals surface area contributed by atoms with Gasteiger partial charge in [0.1, 0.15) is 0 Å². The number of benzene rings is 2. The van der Waals surface area contributed by atoms with E-state index in [4.69, 9.17) is 9.47 Å². The van der Waals surface area contributed by atoms with Crippen molar-refractivity contribution in [2.45, 2.75) is 24.2 Å². The molecule has 2 aromatic carbocycles. The number of hydrogen-bond donors (Lipinski definition) is 0. The van der Waals surface area contributed by atoms with Crippen LogP contribution in [0, 0.1) is 0 Å². The molecule has 0 atom stereocenters. The fourth-order valence-corrected chi connectivity index (χ4v) is 5.44. The van der Waals surface area contributed by atoms with Crippen molar-refractivity contribution in [2.75, 3.05) is 58.4 Å². The number of ether oxygens (including phenoxy) is 2. The number of rotatable bonds is 6. The molecule has 0 N–H and O–H groups in total. The Kier molecular flexibility index (Phi) is 7.09. The second-order valence-electron chi connectivity index (χ2n) is 8.50. The van der Waals surface area contributed by atoms with Crippen LogP contribution < -0.4 is 14.4 Å². The van der Waals surface area contributed by atoms with Gasteiger partial charge in [0.25, 0.3) is 0 Å². The molecule has 0 aliphatic carbocycles. The molecule has 1 saturated heterocycles. The van der Waals surface area contributed by atoms with Crippen LogP contribution >= 0.6 is 0 Å². The fourth-order valence-electron chi connectivity index (χ4n) is 4.00. The van der Waals surface area contributed by atoms with E-state index >= 15 is 0 Å². The van der Waals surface area contributed by atoms with Crippen molar-refractivity contribution >= 4 is 21.6 Å². The molecule has 2 aliphatic rings. The first-order valence-electron chi connectivity index (χ1n) is 11.3. The van der Waals surface area contributed by atoms with E-state index in [0.29, 0.717) is 50.6 Å². The Bertz CT molecular complexity index is 1080. The van der Waals surface area contributed by atoms with Gasteiger partial charge in [-0.15, -0.1) is 0 Å². The summed E-state index contributed by atoms with van der Waals surface area (Å²) < 4.78 is 39.0. The SMILES string of the molecule is CN(C)c1ccc(CCC(=O)N2CCN(S(=O)(=O)c3ccc4c(c3)OCCCO4)CC2)cc1. The van der Waals surface area contributed by atoms with Crippen LogP contribution in [0.25, 0.3) is 0 Å². The Hall–Kier alpha value is -2.78. The van der Waals surface area contributed by atoms with Crippen molar-refractivity contribution in [2.24, 2.45) is 0 Å². The second-order valence-corrected chi connectivity index (χ2v) is 10.4. The molecule has 2 heterocycles. The largest absolute Gasteiger partial charge is 0.490 e. The number of piperazine rings is 1. The summed E-state index contributed by atoms with van der Waals surface area (Å²) in [6, 6.07) is 12.9. The minimum atomic E-state index is -3.67. The van der Waals surface area contributed by atoms with Crippen LogP contribution in [0.4, 0.5) is 5.69 Å². The van der Waals surface area contributed by atoms with Crippen LogP contribution in [0.2, 0.25) is 0 Å². The number of fused-ring (bicyclic) bond motifs is 1. The maximum absolute atomic E-state index is 13.1. The van der Waals surface area contributed by atoms with Crippen LogP contribution in [0.5, 0.6) is 11.5 Å². The van der Waals surface area contributed by atoms with Crippen molar-refractivity contribution in [1.82, 2.24) is 9.21 Å². The Labute approximate surface area is 195 Å². The molecular formula is C24H31N3O5S. The molecule has 1 fully saturated rings. The highest BCUT2D eigenvalue weighted by Gasteiger charge is 2.31. The summed E-state index contributed by atoms with van der Waals surface area (Å²) in [6.07, 6.45) is 1.84. The van der Waals surface area contributed by atoms with Gasteiger partial charge in [-0.3, -0.25) is 4.79 Å². The Morgan fingerprint density at radius 1 is 0.939 bits per heavy atom. The van der Waals surface area contributed by atoms with Crippen LogP contribution in [0.1, 0.15) is 18.4 Å². The highest BCUT2D eigenvalue weighted by atomic mass is 32.2. The Balaban J connectivity index is 1.32. The number of sulfonamides is 1. The van der Waals surface area contributed by atoms with Gasteiger partial charge in [-0.2, -0.15) is 4.31 Å². The number of amides is 1. The van der Waals surface area contributed by atoms with Gasteiger partial charge < -0.3 is 19.3 Å². The van der Waals surface area contributed by atoms with Crippen molar-refractivity contribution in [3.63, 3.8) is 0 Å². The van der Waals surface area contributed by atoms with E-state index in [1.165, 1.54) is 10.4 Å². The minimum absolute atomic E-state index is 0.0549. The zero-order valence-corrected chi connectivity index (χ0v) is 20.0. The first-order valence-corrected chi connectivity index (χ1v) is 12.7. The summed E-state index contributed by atoms with van der Waals surface area (Å²) in [5.41, 5.74) is 2.24. The van der Waals surface area contributed by atoms with Crippen LogP contribution in [-0.4, -0.2) is 77.0 Å². The number of nitrogens with zero attached hydrogens (tertiary/aromatic N) is 3. The zero-order chi connectivity index (χ0) is 23.4. The molecule has 1 amide bonds. The van der Waals surface area contributed by atoms with Gasteiger partial charge in [0.05, 0.1) is 18.1 Å². The fraction of sp³-hybridized carbons (Fsp3) is 0.458. The normalized spacial score (nSPS) is 16.8.